The largest absolute Gasteiger partial charge is 0.461 e. The van der Waals surface area contributed by atoms with Crippen molar-refractivity contribution in [3.8, 4) is 0 Å². The molecule has 0 amide bonds. The summed E-state index contributed by atoms with van der Waals surface area (Å²) in [6.45, 7) is 16.9. The van der Waals surface area contributed by atoms with Crippen molar-refractivity contribution in [2.75, 3.05) is 29.6 Å². The minimum absolute atomic E-state index is 0.0761. The van der Waals surface area contributed by atoms with Crippen molar-refractivity contribution < 1.29 is 38.1 Å². The van der Waals surface area contributed by atoms with Gasteiger partial charge in [-0.3, -0.25) is 19.2 Å². The van der Waals surface area contributed by atoms with Gasteiger partial charge in [0.2, 0.25) is 0 Å². The molecule has 0 N–H and O–H groups in total. The van der Waals surface area contributed by atoms with Crippen molar-refractivity contribution in [1.82, 2.24) is 0 Å². The number of thioether (sulfide) groups is 4. The molecule has 0 aliphatic rings. The molecule has 0 radical (unpaired) electrons. The van der Waals surface area contributed by atoms with E-state index in [1.54, 1.807) is 6.92 Å². The van der Waals surface area contributed by atoms with Crippen molar-refractivity contribution in [3.63, 3.8) is 0 Å². The first-order valence-corrected chi connectivity index (χ1v) is 16.6. The molecule has 8 nitrogen and oxygen atoms in total. The molecule has 0 saturated carbocycles. The Kier molecular flexibility index (Phi) is 19.8. The van der Waals surface area contributed by atoms with E-state index < -0.39 is 42.2 Å². The van der Waals surface area contributed by atoms with Crippen molar-refractivity contribution in [2.24, 2.45) is 0 Å². The Bertz CT molecular complexity index is 700. The molecule has 0 fully saturated rings. The van der Waals surface area contributed by atoms with Crippen LogP contribution < -0.4 is 0 Å². The minimum atomic E-state index is -1.15. The monoisotopic (exact) mass is 600 g/mol. The maximum Gasteiger partial charge on any atom is 0.316 e. The molecule has 0 rings (SSSR count). The lowest BCUT2D eigenvalue weighted by molar-refractivity contribution is -0.186. The van der Waals surface area contributed by atoms with Crippen LogP contribution in [0.2, 0.25) is 0 Å². The first-order chi connectivity index (χ1) is 17.2. The zero-order chi connectivity index (χ0) is 28.5. The van der Waals surface area contributed by atoms with Gasteiger partial charge in [-0.1, -0.05) is 55.4 Å². The van der Waals surface area contributed by atoms with Crippen LogP contribution in [0.15, 0.2) is 0 Å². The van der Waals surface area contributed by atoms with Crippen LogP contribution >= 0.6 is 47.0 Å². The van der Waals surface area contributed by atoms with Crippen molar-refractivity contribution in [1.29, 1.82) is 0 Å². The highest BCUT2D eigenvalue weighted by Crippen LogP contribution is 2.20. The van der Waals surface area contributed by atoms with E-state index in [0.29, 0.717) is 0 Å². The molecule has 0 spiro atoms. The van der Waals surface area contributed by atoms with E-state index in [4.69, 9.17) is 18.9 Å². The number of hydrogen-bond donors (Lipinski definition) is 0. The Balaban J connectivity index is 5.73. The Morgan fingerprint density at radius 1 is 0.514 bits per heavy atom. The van der Waals surface area contributed by atoms with Crippen LogP contribution in [0.25, 0.3) is 0 Å². The van der Waals surface area contributed by atoms with Crippen LogP contribution in [-0.2, 0) is 38.1 Å². The Morgan fingerprint density at radius 2 is 0.865 bits per heavy atom. The summed E-state index contributed by atoms with van der Waals surface area (Å²) in [5, 5.41) is 0.886. The number of carbonyl (C=O) groups is 4. The highest BCUT2D eigenvalue weighted by Gasteiger charge is 2.37. The lowest BCUT2D eigenvalue weighted by atomic mass is 10.1. The Morgan fingerprint density at radius 3 is 1.27 bits per heavy atom. The fraction of sp³-hybridized carbons (Fsp3) is 0.840. The molecule has 37 heavy (non-hydrogen) atoms. The van der Waals surface area contributed by atoms with Crippen LogP contribution in [0, 0.1) is 0 Å². The highest BCUT2D eigenvalue weighted by molar-refractivity contribution is 8.01. The van der Waals surface area contributed by atoms with E-state index in [1.807, 2.05) is 55.4 Å². The molecule has 0 aromatic rings. The van der Waals surface area contributed by atoms with E-state index in [-0.39, 0.29) is 50.6 Å². The summed E-state index contributed by atoms with van der Waals surface area (Å²) in [7, 11) is 0. The van der Waals surface area contributed by atoms with Gasteiger partial charge < -0.3 is 18.9 Å². The average Bonchev–Trinajstić information content (AvgIpc) is 2.79. The first kappa shape index (κ1) is 36.3. The fourth-order valence-corrected chi connectivity index (χ4v) is 4.69. The lowest BCUT2D eigenvalue weighted by Gasteiger charge is -2.31. The third kappa shape index (κ3) is 19.9. The molecule has 0 heterocycles. The zero-order valence-electron chi connectivity index (χ0n) is 23.5. The molecule has 0 aliphatic heterocycles. The zero-order valence-corrected chi connectivity index (χ0v) is 26.7. The van der Waals surface area contributed by atoms with Gasteiger partial charge in [0.1, 0.15) is 12.7 Å². The van der Waals surface area contributed by atoms with Gasteiger partial charge in [0.25, 0.3) is 0 Å². The van der Waals surface area contributed by atoms with Crippen LogP contribution in [-0.4, -0.2) is 92.8 Å². The molecule has 0 aliphatic carbocycles. The smallest absolute Gasteiger partial charge is 0.316 e. The highest BCUT2D eigenvalue weighted by atomic mass is 32.2. The van der Waals surface area contributed by atoms with Crippen molar-refractivity contribution in [3.05, 3.63) is 0 Å². The number of ether oxygens (including phenoxy) is 4. The predicted molar refractivity (Wildman–Crippen MR) is 157 cm³/mol. The summed E-state index contributed by atoms with van der Waals surface area (Å²) in [4.78, 5) is 49.9. The van der Waals surface area contributed by atoms with Crippen molar-refractivity contribution in [2.45, 2.75) is 102 Å². The van der Waals surface area contributed by atoms with Crippen LogP contribution in [0.4, 0.5) is 0 Å². The molecule has 3 unspecified atom stereocenters. The quantitative estimate of drug-likeness (QED) is 0.149. The summed E-state index contributed by atoms with van der Waals surface area (Å²) in [5.74, 6) is -1.62. The summed E-state index contributed by atoms with van der Waals surface area (Å²) >= 11 is 5.64. The number of carbonyl (C=O) groups excluding carboxylic acids is 4. The lowest BCUT2D eigenvalue weighted by Crippen LogP contribution is -2.47. The molecule has 0 saturated heterocycles. The van der Waals surface area contributed by atoms with Gasteiger partial charge in [-0.05, 0) is 27.9 Å². The van der Waals surface area contributed by atoms with E-state index in [2.05, 4.69) is 0 Å². The van der Waals surface area contributed by atoms with Gasteiger partial charge in [-0.15, -0.1) is 47.0 Å². The standard InChI is InChI=1S/C25H44O8S4/c1-15(2)34-11-21(26)30-10-20(32-23(28)13-36-17(5)6)25(33-24(29)14-37-18(7)8)19(9)31-22(27)12-35-16(3)4/h15-20,25H,10-14H2,1-9H3. The Hall–Kier alpha value is -0.720. The Labute approximate surface area is 239 Å². The molecule has 0 aromatic carbocycles. The number of rotatable bonds is 19. The second-order valence-corrected chi connectivity index (χ2v) is 15.6. The van der Waals surface area contributed by atoms with Crippen LogP contribution in [0.3, 0.4) is 0 Å². The molecule has 0 bridgehead atoms. The van der Waals surface area contributed by atoms with Gasteiger partial charge in [0.15, 0.2) is 12.2 Å². The summed E-state index contributed by atoms with van der Waals surface area (Å²) in [6, 6.07) is 0. The number of esters is 4. The third-order valence-electron chi connectivity index (χ3n) is 4.24. The van der Waals surface area contributed by atoms with Crippen molar-refractivity contribution >= 4 is 70.9 Å². The maximum atomic E-state index is 12.6. The van der Waals surface area contributed by atoms with E-state index in [0.717, 1.165) is 0 Å². The molecule has 3 atom stereocenters. The van der Waals surface area contributed by atoms with E-state index >= 15 is 0 Å². The SMILES string of the molecule is CC(C)SCC(=O)OCC(OC(=O)CSC(C)C)C(OC(=O)CSC(C)C)C(C)OC(=O)CSC(C)C. The van der Waals surface area contributed by atoms with Gasteiger partial charge in [-0.2, -0.15) is 0 Å². The normalized spacial score (nSPS) is 14.0. The minimum Gasteiger partial charge on any atom is -0.461 e. The molecule has 216 valence electrons. The predicted octanol–water partition coefficient (Wildman–Crippen LogP) is 4.85. The van der Waals surface area contributed by atoms with Gasteiger partial charge in [0, 0.05) is 0 Å². The molecular formula is C25H44O8S4. The summed E-state index contributed by atoms with van der Waals surface area (Å²) in [5.41, 5.74) is 0. The third-order valence-corrected chi connectivity index (χ3v) is 8.52. The second-order valence-electron chi connectivity index (χ2n) is 9.30. The average molecular weight is 601 g/mol. The van der Waals surface area contributed by atoms with Crippen LogP contribution in [0.1, 0.15) is 62.3 Å². The first-order valence-electron chi connectivity index (χ1n) is 12.4. The van der Waals surface area contributed by atoms with Gasteiger partial charge in [-0.25, -0.2) is 0 Å². The van der Waals surface area contributed by atoms with E-state index in [1.165, 1.54) is 47.0 Å². The summed E-state index contributed by atoms with van der Waals surface area (Å²) in [6.07, 6.45) is -3.22. The molecular weight excluding hydrogens is 557 g/mol. The number of hydrogen-bond acceptors (Lipinski definition) is 12. The van der Waals surface area contributed by atoms with Gasteiger partial charge in [0.05, 0.1) is 23.0 Å². The molecule has 12 heteroatoms. The molecule has 0 aromatic heterocycles. The van der Waals surface area contributed by atoms with Crippen LogP contribution in [0.5, 0.6) is 0 Å². The summed E-state index contributed by atoms with van der Waals surface area (Å²) < 4.78 is 22.3. The fourth-order valence-electron chi connectivity index (χ4n) is 2.52. The van der Waals surface area contributed by atoms with Gasteiger partial charge >= 0.3 is 23.9 Å². The van der Waals surface area contributed by atoms with E-state index in [9.17, 15) is 19.2 Å². The topological polar surface area (TPSA) is 105 Å². The second kappa shape index (κ2) is 20.2. The maximum absolute atomic E-state index is 12.6.